The zero-order chi connectivity index (χ0) is 12.4. The average Bonchev–Trinajstić information content (AvgIpc) is 2.71. The van der Waals surface area contributed by atoms with Crippen molar-refractivity contribution in [3.05, 3.63) is 35.9 Å². The second kappa shape index (κ2) is 4.76. The lowest BCUT2D eigenvalue weighted by molar-refractivity contribution is -0.130. The molecule has 1 fully saturated rings. The van der Waals surface area contributed by atoms with Gasteiger partial charge in [0.1, 0.15) is 0 Å². The van der Waals surface area contributed by atoms with Crippen LogP contribution in [0, 0.1) is 0 Å². The first kappa shape index (κ1) is 11.8. The van der Waals surface area contributed by atoms with Crippen LogP contribution in [0.1, 0.15) is 18.4 Å². The van der Waals surface area contributed by atoms with E-state index in [1.54, 1.807) is 11.8 Å². The Morgan fingerprint density at radius 3 is 2.89 bits per heavy atom. The summed E-state index contributed by atoms with van der Waals surface area (Å²) >= 11 is 1.79. The van der Waals surface area contributed by atoms with Crippen LogP contribution in [0.3, 0.4) is 0 Å². The summed E-state index contributed by atoms with van der Waals surface area (Å²) in [6, 6.07) is 10.2. The zero-order valence-corrected chi connectivity index (χ0v) is 11.0. The lowest BCUT2D eigenvalue weighted by atomic mass is 10.0. The second-order valence-electron chi connectivity index (χ2n) is 4.74. The molecule has 0 aliphatic carbocycles. The predicted molar refractivity (Wildman–Crippen MR) is 74.8 cm³/mol. The van der Waals surface area contributed by atoms with E-state index >= 15 is 0 Å². The van der Waals surface area contributed by atoms with Gasteiger partial charge in [-0.3, -0.25) is 9.79 Å². The number of amides is 1. The fourth-order valence-corrected chi connectivity index (χ4v) is 3.89. The van der Waals surface area contributed by atoms with Gasteiger partial charge < -0.3 is 4.90 Å². The minimum atomic E-state index is -0.0331. The number of aliphatic imine (C=N–C) groups is 1. The molecular weight excluding hydrogens is 244 g/mol. The van der Waals surface area contributed by atoms with E-state index in [9.17, 15) is 4.79 Å². The Morgan fingerprint density at radius 2 is 2.17 bits per heavy atom. The lowest BCUT2D eigenvalue weighted by Crippen LogP contribution is -2.45. The van der Waals surface area contributed by atoms with E-state index in [2.05, 4.69) is 22.0 Å². The van der Waals surface area contributed by atoms with Crippen molar-refractivity contribution >= 4 is 23.9 Å². The van der Waals surface area contributed by atoms with Gasteiger partial charge in [-0.1, -0.05) is 30.3 Å². The topological polar surface area (TPSA) is 32.7 Å². The van der Waals surface area contributed by atoms with Crippen LogP contribution in [0.25, 0.3) is 0 Å². The van der Waals surface area contributed by atoms with Gasteiger partial charge in [0, 0.05) is 32.1 Å². The molecule has 0 radical (unpaired) electrons. The van der Waals surface area contributed by atoms with Crippen LogP contribution in [-0.2, 0) is 11.3 Å². The summed E-state index contributed by atoms with van der Waals surface area (Å²) in [4.78, 5) is 18.4. The molecule has 0 aromatic heterocycles. The molecular formula is C14H16N2OS. The van der Waals surface area contributed by atoms with E-state index in [-0.39, 0.29) is 10.8 Å². The van der Waals surface area contributed by atoms with Crippen LogP contribution >= 0.6 is 11.8 Å². The van der Waals surface area contributed by atoms with Crippen molar-refractivity contribution in [1.82, 2.24) is 4.90 Å². The maximum absolute atomic E-state index is 12.1. The summed E-state index contributed by atoms with van der Waals surface area (Å²) in [6.45, 7) is 1.56. The highest BCUT2D eigenvalue weighted by molar-refractivity contribution is 8.01. The van der Waals surface area contributed by atoms with E-state index in [1.807, 2.05) is 24.4 Å². The molecule has 2 aliphatic rings. The van der Waals surface area contributed by atoms with Crippen molar-refractivity contribution in [2.45, 2.75) is 24.3 Å². The van der Waals surface area contributed by atoms with E-state index in [0.29, 0.717) is 5.75 Å². The van der Waals surface area contributed by atoms with Crippen LogP contribution in [0.5, 0.6) is 0 Å². The van der Waals surface area contributed by atoms with Gasteiger partial charge in [0.15, 0.2) is 0 Å². The number of carbonyl (C=O) groups excluding carboxylic acids is 1. The minimum absolute atomic E-state index is 0.0331. The van der Waals surface area contributed by atoms with Gasteiger partial charge >= 0.3 is 0 Å². The van der Waals surface area contributed by atoms with Crippen LogP contribution in [-0.4, -0.2) is 34.2 Å². The number of rotatable bonds is 2. The lowest BCUT2D eigenvalue weighted by Gasteiger charge is -2.38. The third kappa shape index (κ3) is 2.05. The molecule has 1 amide bonds. The van der Waals surface area contributed by atoms with E-state index in [1.165, 1.54) is 5.56 Å². The summed E-state index contributed by atoms with van der Waals surface area (Å²) in [7, 11) is 0. The highest BCUT2D eigenvalue weighted by Gasteiger charge is 2.45. The molecule has 1 aromatic carbocycles. The summed E-state index contributed by atoms with van der Waals surface area (Å²) in [6.07, 6.45) is 3.84. The highest BCUT2D eigenvalue weighted by atomic mass is 32.2. The fraction of sp³-hybridized carbons (Fsp3) is 0.429. The van der Waals surface area contributed by atoms with Crippen LogP contribution in [0.2, 0.25) is 0 Å². The maximum atomic E-state index is 12.1. The van der Waals surface area contributed by atoms with Crippen molar-refractivity contribution in [2.24, 2.45) is 4.99 Å². The van der Waals surface area contributed by atoms with Gasteiger partial charge in [0.2, 0.25) is 5.91 Å². The first-order chi connectivity index (χ1) is 8.80. The Labute approximate surface area is 111 Å². The first-order valence-corrected chi connectivity index (χ1v) is 7.25. The molecule has 4 heteroatoms. The molecule has 1 spiro atoms. The normalized spacial score (nSPS) is 27.1. The van der Waals surface area contributed by atoms with Crippen LogP contribution < -0.4 is 0 Å². The molecule has 1 aromatic rings. The molecule has 3 nitrogen and oxygen atoms in total. The molecule has 2 heterocycles. The number of nitrogens with zero attached hydrogens (tertiary/aromatic N) is 2. The van der Waals surface area contributed by atoms with Crippen molar-refractivity contribution in [3.63, 3.8) is 0 Å². The predicted octanol–water partition coefficient (Wildman–Crippen LogP) is 2.32. The Morgan fingerprint density at radius 1 is 1.33 bits per heavy atom. The van der Waals surface area contributed by atoms with Crippen molar-refractivity contribution in [1.29, 1.82) is 0 Å². The largest absolute Gasteiger partial charge is 0.323 e. The van der Waals surface area contributed by atoms with Gasteiger partial charge in [-0.25, -0.2) is 0 Å². The Balaban J connectivity index is 1.84. The minimum Gasteiger partial charge on any atom is -0.323 e. The third-order valence-corrected chi connectivity index (χ3v) is 5.13. The van der Waals surface area contributed by atoms with E-state index < -0.39 is 0 Å². The van der Waals surface area contributed by atoms with E-state index in [0.717, 1.165) is 25.9 Å². The summed E-state index contributed by atoms with van der Waals surface area (Å²) in [5.41, 5.74) is 1.20. The molecule has 18 heavy (non-hydrogen) atoms. The van der Waals surface area contributed by atoms with Gasteiger partial charge in [0.05, 0.1) is 10.6 Å². The molecule has 0 saturated carbocycles. The Hall–Kier alpha value is -1.29. The van der Waals surface area contributed by atoms with Crippen molar-refractivity contribution < 1.29 is 4.79 Å². The molecule has 1 unspecified atom stereocenters. The Bertz CT molecular complexity index is 470. The quantitative estimate of drug-likeness (QED) is 0.817. The molecule has 0 N–H and O–H groups in total. The second-order valence-corrected chi connectivity index (χ2v) is 6.08. The number of hydrogen-bond acceptors (Lipinski definition) is 3. The maximum Gasteiger partial charge on any atom is 0.234 e. The number of carbonyl (C=O) groups is 1. The summed E-state index contributed by atoms with van der Waals surface area (Å²) in [5, 5.41) is 0. The molecule has 1 saturated heterocycles. The standard InChI is InChI=1S/C14H16N2OS/c17-13-11-18-14(6-8-15-9-7-14)16(13)10-12-4-2-1-3-5-12/h1-5,8H,6-7,9-11H2. The molecule has 2 aliphatic heterocycles. The van der Waals surface area contributed by atoms with Gasteiger partial charge in [-0.2, -0.15) is 0 Å². The number of benzene rings is 1. The summed E-state index contributed by atoms with van der Waals surface area (Å²) in [5.74, 6) is 0.875. The summed E-state index contributed by atoms with van der Waals surface area (Å²) < 4.78 is 0. The molecule has 1 atom stereocenters. The fourth-order valence-electron chi connectivity index (χ4n) is 2.59. The highest BCUT2D eigenvalue weighted by Crippen LogP contribution is 2.43. The van der Waals surface area contributed by atoms with Crippen LogP contribution in [0.4, 0.5) is 0 Å². The van der Waals surface area contributed by atoms with Crippen LogP contribution in [0.15, 0.2) is 35.3 Å². The van der Waals surface area contributed by atoms with Crippen molar-refractivity contribution in [3.8, 4) is 0 Å². The molecule has 0 bridgehead atoms. The monoisotopic (exact) mass is 260 g/mol. The van der Waals surface area contributed by atoms with Gasteiger partial charge in [-0.15, -0.1) is 11.8 Å². The number of thioether (sulfide) groups is 1. The average molecular weight is 260 g/mol. The first-order valence-electron chi connectivity index (χ1n) is 6.27. The Kier molecular flexibility index (Phi) is 3.12. The molecule has 94 valence electrons. The van der Waals surface area contributed by atoms with Crippen molar-refractivity contribution in [2.75, 3.05) is 12.3 Å². The molecule has 3 rings (SSSR count). The van der Waals surface area contributed by atoms with Gasteiger partial charge in [-0.05, 0) is 5.56 Å². The SMILES string of the molecule is O=C1CSC2(CC=NCC2)N1Cc1ccccc1. The van der Waals surface area contributed by atoms with Gasteiger partial charge in [0.25, 0.3) is 0 Å². The smallest absolute Gasteiger partial charge is 0.234 e. The number of hydrogen-bond donors (Lipinski definition) is 0. The third-order valence-electron chi connectivity index (χ3n) is 3.61. The zero-order valence-electron chi connectivity index (χ0n) is 10.2. The van der Waals surface area contributed by atoms with E-state index in [4.69, 9.17) is 0 Å².